The fourth-order valence-electron chi connectivity index (χ4n) is 3.58. The van der Waals surface area contributed by atoms with Crippen LogP contribution in [0.15, 0.2) is 12.1 Å². The molecule has 1 saturated heterocycles. The van der Waals surface area contributed by atoms with Crippen molar-refractivity contribution < 1.29 is 14.6 Å². The van der Waals surface area contributed by atoms with Gasteiger partial charge in [0.2, 0.25) is 5.75 Å². The molecule has 122 valence electrons. The summed E-state index contributed by atoms with van der Waals surface area (Å²) in [6.45, 7) is 4.20. The molecule has 2 fully saturated rings. The number of piperazine rings is 1. The van der Waals surface area contributed by atoms with Crippen LogP contribution in [-0.2, 0) is 0 Å². The van der Waals surface area contributed by atoms with Crippen LogP contribution in [0.2, 0.25) is 0 Å². The van der Waals surface area contributed by atoms with Crippen LogP contribution in [0.5, 0.6) is 17.2 Å². The van der Waals surface area contributed by atoms with E-state index >= 15 is 0 Å². The molecular weight excluding hydrogens is 280 g/mol. The summed E-state index contributed by atoms with van der Waals surface area (Å²) in [5.41, 5.74) is 1.19. The Kier molecular flexibility index (Phi) is 4.74. The van der Waals surface area contributed by atoms with E-state index in [1.807, 2.05) is 12.1 Å². The number of phenolic OH excluding ortho intramolecular Hbond substituents is 1. The van der Waals surface area contributed by atoms with E-state index in [9.17, 15) is 5.11 Å². The minimum atomic E-state index is 0.0846. The molecule has 1 aromatic rings. The van der Waals surface area contributed by atoms with Crippen LogP contribution in [0.3, 0.4) is 0 Å². The van der Waals surface area contributed by atoms with E-state index in [4.69, 9.17) is 9.47 Å². The lowest BCUT2D eigenvalue weighted by molar-refractivity contribution is 0.0833. The predicted molar refractivity (Wildman–Crippen MR) is 85.7 cm³/mol. The summed E-state index contributed by atoms with van der Waals surface area (Å²) in [5.74, 6) is 1.76. The summed E-state index contributed by atoms with van der Waals surface area (Å²) >= 11 is 0. The summed E-state index contributed by atoms with van der Waals surface area (Å²) in [6.07, 6.45) is 3.87. The fraction of sp³-hybridized carbons (Fsp3) is 0.647. The van der Waals surface area contributed by atoms with Gasteiger partial charge >= 0.3 is 0 Å². The number of nitrogens with zero attached hydrogens (tertiary/aromatic N) is 1. The first-order valence-electron chi connectivity index (χ1n) is 8.14. The van der Waals surface area contributed by atoms with Gasteiger partial charge < -0.3 is 19.9 Å². The van der Waals surface area contributed by atoms with Crippen molar-refractivity contribution in [3.63, 3.8) is 0 Å². The molecule has 1 aliphatic heterocycles. The maximum atomic E-state index is 10.1. The second-order valence-electron chi connectivity index (χ2n) is 6.20. The van der Waals surface area contributed by atoms with Crippen molar-refractivity contribution in [2.75, 3.05) is 40.4 Å². The van der Waals surface area contributed by atoms with Crippen LogP contribution in [0.4, 0.5) is 0 Å². The standard InChI is InChI=1S/C17H26N2O3/c1-21-14-10-13(11-15(22-2)17(14)20)16(12-4-3-5-12)19-8-6-18-7-9-19/h10-12,16,18,20H,3-9H2,1-2H3/t16-/m1/s1. The minimum absolute atomic E-state index is 0.0846. The van der Waals surface area contributed by atoms with E-state index in [0.29, 0.717) is 23.5 Å². The molecule has 3 rings (SSSR count). The van der Waals surface area contributed by atoms with E-state index in [1.54, 1.807) is 14.2 Å². The zero-order valence-corrected chi connectivity index (χ0v) is 13.5. The number of rotatable bonds is 5. The lowest BCUT2D eigenvalue weighted by Crippen LogP contribution is -2.47. The summed E-state index contributed by atoms with van der Waals surface area (Å²) in [4.78, 5) is 2.56. The molecular formula is C17H26N2O3. The molecule has 5 nitrogen and oxygen atoms in total. The molecule has 22 heavy (non-hydrogen) atoms. The van der Waals surface area contributed by atoms with Crippen molar-refractivity contribution in [1.29, 1.82) is 0 Å². The molecule has 1 aromatic carbocycles. The van der Waals surface area contributed by atoms with Crippen LogP contribution >= 0.6 is 0 Å². The van der Waals surface area contributed by atoms with Gasteiger partial charge in [0.05, 0.1) is 14.2 Å². The highest BCUT2D eigenvalue weighted by atomic mass is 16.5. The van der Waals surface area contributed by atoms with Crippen LogP contribution in [-0.4, -0.2) is 50.4 Å². The highest BCUT2D eigenvalue weighted by molar-refractivity contribution is 5.53. The van der Waals surface area contributed by atoms with Crippen LogP contribution in [0, 0.1) is 5.92 Å². The Morgan fingerprint density at radius 2 is 1.73 bits per heavy atom. The number of hydrogen-bond acceptors (Lipinski definition) is 5. The van der Waals surface area contributed by atoms with Crippen molar-refractivity contribution in [1.82, 2.24) is 10.2 Å². The van der Waals surface area contributed by atoms with Crippen molar-refractivity contribution in [3.8, 4) is 17.2 Å². The molecule has 1 saturated carbocycles. The second-order valence-corrected chi connectivity index (χ2v) is 6.20. The first-order chi connectivity index (χ1) is 10.7. The number of methoxy groups -OCH3 is 2. The van der Waals surface area contributed by atoms with Gasteiger partial charge in [-0.15, -0.1) is 0 Å². The van der Waals surface area contributed by atoms with Crippen molar-refractivity contribution in [2.24, 2.45) is 5.92 Å². The van der Waals surface area contributed by atoms with Gasteiger partial charge in [-0.2, -0.15) is 0 Å². The van der Waals surface area contributed by atoms with Crippen molar-refractivity contribution in [3.05, 3.63) is 17.7 Å². The number of benzene rings is 1. The van der Waals surface area contributed by atoms with E-state index in [0.717, 1.165) is 26.2 Å². The van der Waals surface area contributed by atoms with Gasteiger partial charge in [0.1, 0.15) is 0 Å². The van der Waals surface area contributed by atoms with Crippen LogP contribution in [0.25, 0.3) is 0 Å². The molecule has 0 spiro atoms. The molecule has 0 radical (unpaired) electrons. The lowest BCUT2D eigenvalue weighted by Gasteiger charge is -2.43. The monoisotopic (exact) mass is 306 g/mol. The predicted octanol–water partition coefficient (Wildman–Crippen LogP) is 2.16. The largest absolute Gasteiger partial charge is 0.502 e. The molecule has 2 N–H and O–H groups in total. The second kappa shape index (κ2) is 6.75. The highest BCUT2D eigenvalue weighted by Gasteiger charge is 2.34. The Bertz CT molecular complexity index is 486. The molecule has 0 bridgehead atoms. The fourth-order valence-corrected chi connectivity index (χ4v) is 3.58. The third-order valence-electron chi connectivity index (χ3n) is 4.98. The number of ether oxygens (including phenoxy) is 2. The zero-order valence-electron chi connectivity index (χ0n) is 13.5. The van der Waals surface area contributed by atoms with Gasteiger partial charge in [-0.1, -0.05) is 6.42 Å². The Morgan fingerprint density at radius 3 is 2.18 bits per heavy atom. The molecule has 0 aromatic heterocycles. The van der Waals surface area contributed by atoms with Crippen molar-refractivity contribution >= 4 is 0 Å². The highest BCUT2D eigenvalue weighted by Crippen LogP contribution is 2.46. The van der Waals surface area contributed by atoms with Gasteiger partial charge in [0.25, 0.3) is 0 Å². The van der Waals surface area contributed by atoms with Crippen LogP contribution in [0.1, 0.15) is 30.9 Å². The maximum absolute atomic E-state index is 10.1. The Labute approximate surface area is 132 Å². The Balaban J connectivity index is 1.95. The molecule has 5 heteroatoms. The smallest absolute Gasteiger partial charge is 0.200 e. The average Bonchev–Trinajstić information content (AvgIpc) is 2.52. The summed E-state index contributed by atoms with van der Waals surface area (Å²) in [5, 5.41) is 13.6. The van der Waals surface area contributed by atoms with E-state index in [2.05, 4.69) is 10.2 Å². The number of hydrogen-bond donors (Lipinski definition) is 2. The molecule has 1 heterocycles. The molecule has 1 atom stereocenters. The van der Waals surface area contributed by atoms with Gasteiger partial charge in [0, 0.05) is 32.2 Å². The van der Waals surface area contributed by atoms with Crippen molar-refractivity contribution in [2.45, 2.75) is 25.3 Å². The van der Waals surface area contributed by atoms with Gasteiger partial charge in [-0.05, 0) is 36.5 Å². The van der Waals surface area contributed by atoms with Gasteiger partial charge in [0.15, 0.2) is 11.5 Å². The molecule has 2 aliphatic rings. The molecule has 0 amide bonds. The maximum Gasteiger partial charge on any atom is 0.200 e. The van der Waals surface area contributed by atoms with E-state index in [1.165, 1.54) is 24.8 Å². The summed E-state index contributed by atoms with van der Waals surface area (Å²) in [7, 11) is 3.17. The quantitative estimate of drug-likeness (QED) is 0.873. The Hall–Kier alpha value is -1.46. The van der Waals surface area contributed by atoms with Crippen LogP contribution < -0.4 is 14.8 Å². The normalized spacial score (nSPS) is 21.2. The summed E-state index contributed by atoms with van der Waals surface area (Å²) < 4.78 is 10.7. The topological polar surface area (TPSA) is 54.0 Å². The van der Waals surface area contributed by atoms with E-state index < -0.39 is 0 Å². The van der Waals surface area contributed by atoms with Gasteiger partial charge in [-0.25, -0.2) is 0 Å². The zero-order chi connectivity index (χ0) is 15.5. The van der Waals surface area contributed by atoms with E-state index in [-0.39, 0.29) is 5.75 Å². The lowest BCUT2D eigenvalue weighted by atomic mass is 9.76. The number of aromatic hydroxyl groups is 1. The molecule has 1 aliphatic carbocycles. The minimum Gasteiger partial charge on any atom is -0.502 e. The average molecular weight is 306 g/mol. The number of nitrogens with one attached hydrogen (secondary N) is 1. The third-order valence-corrected chi connectivity index (χ3v) is 4.98. The first kappa shape index (κ1) is 15.4. The first-order valence-corrected chi connectivity index (χ1v) is 8.14. The molecule has 0 unspecified atom stereocenters. The Morgan fingerprint density at radius 1 is 1.14 bits per heavy atom. The summed E-state index contributed by atoms with van der Waals surface area (Å²) in [6, 6.07) is 4.34. The number of phenols is 1. The third kappa shape index (κ3) is 2.88. The SMILES string of the molecule is COc1cc([C@@H](C2CCC2)N2CCNCC2)cc(OC)c1O. The van der Waals surface area contributed by atoms with Gasteiger partial charge in [-0.3, -0.25) is 4.90 Å².